The van der Waals surface area contributed by atoms with E-state index >= 15 is 0 Å². The van der Waals surface area contributed by atoms with Crippen LogP contribution in [0, 0.1) is 5.41 Å². The van der Waals surface area contributed by atoms with Crippen molar-refractivity contribution in [2.45, 2.75) is 33.2 Å². The number of hydrogen-bond donors (Lipinski definition) is 3. The average molecular weight is 223 g/mol. The normalized spacial score (nSPS) is 16.6. The fraction of sp³-hybridized carbons (Fsp3) is 1.00. The van der Waals surface area contributed by atoms with Crippen molar-refractivity contribution in [1.82, 2.24) is 5.32 Å². The van der Waals surface area contributed by atoms with Crippen molar-refractivity contribution in [2.75, 3.05) is 18.9 Å². The summed E-state index contributed by atoms with van der Waals surface area (Å²) in [5.41, 5.74) is 0.00706. The van der Waals surface area contributed by atoms with Gasteiger partial charge in [-0.05, 0) is 18.4 Å². The number of rotatable bonds is 6. The smallest absolute Gasteiger partial charge is 0.152 e. The molecule has 0 aromatic heterocycles. The van der Waals surface area contributed by atoms with Gasteiger partial charge in [0.2, 0.25) is 0 Å². The molecular weight excluding hydrogens is 202 g/mol. The molecule has 2 unspecified atom stereocenters. The number of aliphatic hydroxyl groups excluding tert-OH is 1. The molecule has 0 aromatic carbocycles. The van der Waals surface area contributed by atoms with Crippen LogP contribution >= 0.6 is 0 Å². The SMILES string of the molecule is CC(C)(C)C(CO)NCCCS(=O)O. The molecule has 2 atom stereocenters. The fourth-order valence-corrected chi connectivity index (χ4v) is 1.51. The summed E-state index contributed by atoms with van der Waals surface area (Å²) < 4.78 is 18.9. The van der Waals surface area contributed by atoms with Gasteiger partial charge in [0.05, 0.1) is 12.4 Å². The monoisotopic (exact) mass is 223 g/mol. The predicted octanol–water partition coefficient (Wildman–Crippen LogP) is 0.595. The Bertz CT molecular complexity index is 179. The highest BCUT2D eigenvalue weighted by atomic mass is 32.2. The van der Waals surface area contributed by atoms with Gasteiger partial charge >= 0.3 is 0 Å². The van der Waals surface area contributed by atoms with Crippen LogP contribution in [-0.4, -0.2) is 38.8 Å². The summed E-state index contributed by atoms with van der Waals surface area (Å²) in [5.74, 6) is 0.287. The Morgan fingerprint density at radius 1 is 1.43 bits per heavy atom. The van der Waals surface area contributed by atoms with Crippen LogP contribution in [0.15, 0.2) is 0 Å². The fourth-order valence-electron chi connectivity index (χ4n) is 1.12. The molecule has 0 fully saturated rings. The summed E-state index contributed by atoms with van der Waals surface area (Å²) in [5, 5.41) is 12.3. The van der Waals surface area contributed by atoms with Gasteiger partial charge in [0.15, 0.2) is 11.1 Å². The highest BCUT2D eigenvalue weighted by molar-refractivity contribution is 7.79. The van der Waals surface area contributed by atoms with Gasteiger partial charge in [-0.1, -0.05) is 20.8 Å². The maximum Gasteiger partial charge on any atom is 0.152 e. The molecule has 0 amide bonds. The highest BCUT2D eigenvalue weighted by Gasteiger charge is 2.22. The topological polar surface area (TPSA) is 69.6 Å². The van der Waals surface area contributed by atoms with Crippen LogP contribution < -0.4 is 5.32 Å². The van der Waals surface area contributed by atoms with E-state index in [-0.39, 0.29) is 23.8 Å². The van der Waals surface area contributed by atoms with Crippen molar-refractivity contribution < 1.29 is 13.9 Å². The first-order valence-corrected chi connectivity index (χ1v) is 6.07. The summed E-state index contributed by atoms with van der Waals surface area (Å²) in [6.07, 6.45) is 0.649. The first kappa shape index (κ1) is 14.0. The Balaban J connectivity index is 3.69. The summed E-state index contributed by atoms with van der Waals surface area (Å²) >= 11 is -1.71. The van der Waals surface area contributed by atoms with E-state index in [2.05, 4.69) is 5.32 Å². The molecule has 0 aliphatic heterocycles. The number of aliphatic hydroxyl groups is 1. The van der Waals surface area contributed by atoms with Crippen molar-refractivity contribution in [3.8, 4) is 0 Å². The Morgan fingerprint density at radius 2 is 2.00 bits per heavy atom. The van der Waals surface area contributed by atoms with Crippen molar-refractivity contribution in [3.63, 3.8) is 0 Å². The first-order valence-electron chi connectivity index (χ1n) is 4.79. The van der Waals surface area contributed by atoms with Gasteiger partial charge in [0, 0.05) is 6.04 Å². The van der Waals surface area contributed by atoms with Gasteiger partial charge in [0.25, 0.3) is 0 Å². The zero-order chi connectivity index (χ0) is 11.2. The molecule has 0 aliphatic carbocycles. The van der Waals surface area contributed by atoms with Crippen LogP contribution in [0.2, 0.25) is 0 Å². The first-order chi connectivity index (χ1) is 6.38. The van der Waals surface area contributed by atoms with Gasteiger partial charge in [-0.2, -0.15) is 0 Å². The van der Waals surface area contributed by atoms with Crippen LogP contribution in [0.1, 0.15) is 27.2 Å². The molecule has 0 heterocycles. The lowest BCUT2D eigenvalue weighted by Crippen LogP contribution is -2.43. The van der Waals surface area contributed by atoms with Crippen molar-refractivity contribution in [3.05, 3.63) is 0 Å². The third-order valence-corrected chi connectivity index (χ3v) is 2.75. The molecule has 0 aromatic rings. The van der Waals surface area contributed by atoms with Crippen LogP contribution in [0.3, 0.4) is 0 Å². The van der Waals surface area contributed by atoms with E-state index < -0.39 is 11.1 Å². The summed E-state index contributed by atoms with van der Waals surface area (Å²) in [6, 6.07) is 0.0367. The quantitative estimate of drug-likeness (QED) is 0.455. The molecule has 3 N–H and O–H groups in total. The van der Waals surface area contributed by atoms with Gasteiger partial charge in [0.1, 0.15) is 0 Å². The Morgan fingerprint density at radius 3 is 2.36 bits per heavy atom. The molecular formula is C9H21NO3S. The van der Waals surface area contributed by atoms with Gasteiger partial charge in [-0.15, -0.1) is 0 Å². The van der Waals surface area contributed by atoms with Crippen molar-refractivity contribution in [2.24, 2.45) is 5.41 Å². The molecule has 4 nitrogen and oxygen atoms in total. The Hall–Kier alpha value is 0.0300. The summed E-state index contributed by atoms with van der Waals surface area (Å²) in [7, 11) is 0. The van der Waals surface area contributed by atoms with Crippen LogP contribution in [0.4, 0.5) is 0 Å². The largest absolute Gasteiger partial charge is 0.395 e. The van der Waals surface area contributed by atoms with E-state index in [0.29, 0.717) is 13.0 Å². The Kier molecular flexibility index (Phi) is 6.52. The average Bonchev–Trinajstić information content (AvgIpc) is 2.01. The highest BCUT2D eigenvalue weighted by Crippen LogP contribution is 2.18. The van der Waals surface area contributed by atoms with E-state index in [1.807, 2.05) is 20.8 Å². The molecule has 0 bridgehead atoms. The maximum atomic E-state index is 10.3. The lowest BCUT2D eigenvalue weighted by atomic mass is 9.87. The third-order valence-electron chi connectivity index (χ3n) is 2.11. The van der Waals surface area contributed by atoms with Gasteiger partial charge in [-0.3, -0.25) is 0 Å². The number of nitrogens with one attached hydrogen (secondary N) is 1. The summed E-state index contributed by atoms with van der Waals surface area (Å²) in [4.78, 5) is 0. The molecule has 0 saturated carbocycles. The van der Waals surface area contributed by atoms with Gasteiger partial charge < -0.3 is 15.0 Å². The molecule has 0 rings (SSSR count). The standard InChI is InChI=1S/C9H21NO3S/c1-9(2,3)8(7-11)10-5-4-6-14(12)13/h8,10-11H,4-7H2,1-3H3,(H,12,13). The predicted molar refractivity (Wildman–Crippen MR) is 58.6 cm³/mol. The zero-order valence-corrected chi connectivity index (χ0v) is 9.93. The van der Waals surface area contributed by atoms with E-state index in [9.17, 15) is 4.21 Å². The van der Waals surface area contributed by atoms with E-state index in [0.717, 1.165) is 0 Å². The molecule has 0 saturated heterocycles. The minimum absolute atomic E-state index is 0.00706. The van der Waals surface area contributed by atoms with Crippen LogP contribution in [0.5, 0.6) is 0 Å². The summed E-state index contributed by atoms with van der Waals surface area (Å²) in [6.45, 7) is 6.89. The molecule has 0 aliphatic rings. The van der Waals surface area contributed by atoms with Crippen LogP contribution in [0.25, 0.3) is 0 Å². The second-order valence-electron chi connectivity index (χ2n) is 4.43. The van der Waals surface area contributed by atoms with E-state index in [1.165, 1.54) is 0 Å². The van der Waals surface area contributed by atoms with E-state index in [1.54, 1.807) is 0 Å². The maximum absolute atomic E-state index is 10.3. The third kappa shape index (κ3) is 6.48. The molecule has 5 heteroatoms. The number of hydrogen-bond acceptors (Lipinski definition) is 3. The second-order valence-corrected chi connectivity index (χ2v) is 5.49. The molecule has 14 heavy (non-hydrogen) atoms. The lowest BCUT2D eigenvalue weighted by molar-refractivity contribution is 0.159. The zero-order valence-electron chi connectivity index (χ0n) is 9.12. The second kappa shape index (κ2) is 6.50. The van der Waals surface area contributed by atoms with Crippen molar-refractivity contribution in [1.29, 1.82) is 0 Å². The minimum Gasteiger partial charge on any atom is -0.395 e. The van der Waals surface area contributed by atoms with Gasteiger partial charge in [-0.25, -0.2) is 4.21 Å². The molecule has 0 spiro atoms. The molecule has 86 valence electrons. The minimum atomic E-state index is -1.71. The van der Waals surface area contributed by atoms with Crippen LogP contribution in [-0.2, 0) is 11.1 Å². The Labute approximate surface area is 88.4 Å². The molecule has 0 radical (unpaired) electrons. The van der Waals surface area contributed by atoms with Crippen molar-refractivity contribution >= 4 is 11.1 Å². The lowest BCUT2D eigenvalue weighted by Gasteiger charge is -2.29. The van der Waals surface area contributed by atoms with E-state index in [4.69, 9.17) is 9.66 Å².